The maximum Gasteiger partial charge on any atom is 0.132 e. The normalized spacial score (nSPS) is 11.1. The van der Waals surface area contributed by atoms with Gasteiger partial charge in [-0.15, -0.1) is 5.10 Å². The van der Waals surface area contributed by atoms with Crippen molar-refractivity contribution in [2.24, 2.45) is 0 Å². The Kier molecular flexibility index (Phi) is 2.68. The van der Waals surface area contributed by atoms with Crippen LogP contribution in [0.3, 0.4) is 0 Å². The molecule has 0 unspecified atom stereocenters. The minimum atomic E-state index is -0.503. The van der Waals surface area contributed by atoms with Gasteiger partial charge in [0.2, 0.25) is 0 Å². The lowest BCUT2D eigenvalue weighted by Gasteiger charge is -2.01. The molecular formula is C11H11F2N3. The summed E-state index contributed by atoms with van der Waals surface area (Å²) in [6, 6.07) is 3.41. The zero-order chi connectivity index (χ0) is 11.7. The maximum absolute atomic E-state index is 13.4. The van der Waals surface area contributed by atoms with E-state index in [-0.39, 0.29) is 11.6 Å². The van der Waals surface area contributed by atoms with Crippen LogP contribution in [0.5, 0.6) is 0 Å². The van der Waals surface area contributed by atoms with Gasteiger partial charge >= 0.3 is 0 Å². The molecule has 3 nitrogen and oxygen atoms in total. The molecule has 0 saturated carbocycles. The van der Waals surface area contributed by atoms with Crippen molar-refractivity contribution < 1.29 is 8.78 Å². The summed E-state index contributed by atoms with van der Waals surface area (Å²) in [6.45, 7) is 3.86. The summed E-state index contributed by atoms with van der Waals surface area (Å²) in [5, 5.41) is 7.66. The molecule has 0 spiro atoms. The fraction of sp³-hybridized carbons (Fsp3) is 0.273. The van der Waals surface area contributed by atoms with E-state index in [4.69, 9.17) is 0 Å². The smallest absolute Gasteiger partial charge is 0.132 e. The Morgan fingerprint density at radius 3 is 2.62 bits per heavy atom. The van der Waals surface area contributed by atoms with Crippen LogP contribution in [0.2, 0.25) is 0 Å². The molecule has 0 bridgehead atoms. The lowest BCUT2D eigenvalue weighted by atomic mass is 10.1. The van der Waals surface area contributed by atoms with E-state index in [0.29, 0.717) is 5.69 Å². The van der Waals surface area contributed by atoms with Gasteiger partial charge in [0.05, 0.1) is 6.20 Å². The summed E-state index contributed by atoms with van der Waals surface area (Å²) in [6.07, 6.45) is 1.60. The quantitative estimate of drug-likeness (QED) is 0.783. The minimum Gasteiger partial charge on any atom is -0.249 e. The third-order valence-corrected chi connectivity index (χ3v) is 2.24. The summed E-state index contributed by atoms with van der Waals surface area (Å²) in [4.78, 5) is 0. The van der Waals surface area contributed by atoms with E-state index in [1.165, 1.54) is 0 Å². The Morgan fingerprint density at radius 2 is 2.00 bits per heavy atom. The number of benzene rings is 1. The molecular weight excluding hydrogens is 212 g/mol. The van der Waals surface area contributed by atoms with Crippen molar-refractivity contribution in [2.45, 2.75) is 19.9 Å². The molecule has 0 amide bonds. The van der Waals surface area contributed by atoms with E-state index in [2.05, 4.69) is 10.3 Å². The van der Waals surface area contributed by atoms with Gasteiger partial charge in [-0.1, -0.05) is 5.21 Å². The van der Waals surface area contributed by atoms with Gasteiger partial charge in [-0.2, -0.15) is 0 Å². The van der Waals surface area contributed by atoms with Crippen molar-refractivity contribution in [3.8, 4) is 11.3 Å². The predicted octanol–water partition coefficient (Wildman–Crippen LogP) is 2.80. The Labute approximate surface area is 91.7 Å². The van der Waals surface area contributed by atoms with E-state index >= 15 is 0 Å². The molecule has 0 aliphatic heterocycles. The van der Waals surface area contributed by atoms with Crippen LogP contribution in [-0.2, 0) is 0 Å². The first kappa shape index (κ1) is 10.7. The van der Waals surface area contributed by atoms with Gasteiger partial charge in [-0.05, 0) is 32.0 Å². The van der Waals surface area contributed by atoms with Gasteiger partial charge in [0.15, 0.2) is 0 Å². The SMILES string of the molecule is CC(C)n1cc(-c2cc(F)ccc2F)nn1. The van der Waals surface area contributed by atoms with Crippen molar-refractivity contribution in [1.82, 2.24) is 15.0 Å². The van der Waals surface area contributed by atoms with Gasteiger partial charge in [0.1, 0.15) is 17.3 Å². The van der Waals surface area contributed by atoms with Crippen molar-refractivity contribution in [3.63, 3.8) is 0 Å². The van der Waals surface area contributed by atoms with E-state index in [0.717, 1.165) is 18.2 Å². The highest BCUT2D eigenvalue weighted by Crippen LogP contribution is 2.21. The number of halogens is 2. The second kappa shape index (κ2) is 4.00. The highest BCUT2D eigenvalue weighted by Gasteiger charge is 2.11. The second-order valence-corrected chi connectivity index (χ2v) is 3.80. The average molecular weight is 223 g/mol. The van der Waals surface area contributed by atoms with Gasteiger partial charge in [0.25, 0.3) is 0 Å². The molecule has 0 saturated heterocycles. The largest absolute Gasteiger partial charge is 0.249 e. The fourth-order valence-corrected chi connectivity index (χ4v) is 1.35. The molecule has 1 heterocycles. The van der Waals surface area contributed by atoms with Crippen LogP contribution in [0.25, 0.3) is 11.3 Å². The van der Waals surface area contributed by atoms with Crippen LogP contribution in [0, 0.1) is 11.6 Å². The lowest BCUT2D eigenvalue weighted by molar-refractivity contribution is 0.514. The highest BCUT2D eigenvalue weighted by atomic mass is 19.1. The first-order chi connectivity index (χ1) is 7.58. The van der Waals surface area contributed by atoms with Crippen LogP contribution in [0.15, 0.2) is 24.4 Å². The molecule has 84 valence electrons. The molecule has 0 aliphatic carbocycles. The van der Waals surface area contributed by atoms with Crippen LogP contribution >= 0.6 is 0 Å². The van der Waals surface area contributed by atoms with Gasteiger partial charge in [-0.25, -0.2) is 13.5 Å². The summed E-state index contributed by atoms with van der Waals surface area (Å²) >= 11 is 0. The Bertz CT molecular complexity index is 506. The summed E-state index contributed by atoms with van der Waals surface area (Å²) in [5.41, 5.74) is 0.470. The zero-order valence-electron chi connectivity index (χ0n) is 8.98. The summed E-state index contributed by atoms with van der Waals surface area (Å²) < 4.78 is 28.0. The van der Waals surface area contributed by atoms with E-state index in [9.17, 15) is 8.78 Å². The molecule has 16 heavy (non-hydrogen) atoms. The summed E-state index contributed by atoms with van der Waals surface area (Å²) in [7, 11) is 0. The maximum atomic E-state index is 13.4. The number of nitrogens with zero attached hydrogens (tertiary/aromatic N) is 3. The fourth-order valence-electron chi connectivity index (χ4n) is 1.35. The summed E-state index contributed by atoms with van der Waals surface area (Å²) in [5.74, 6) is -0.993. The van der Waals surface area contributed by atoms with Crippen LogP contribution < -0.4 is 0 Å². The molecule has 0 fully saturated rings. The Morgan fingerprint density at radius 1 is 1.25 bits per heavy atom. The molecule has 0 radical (unpaired) electrons. The molecule has 0 atom stereocenters. The van der Waals surface area contributed by atoms with Crippen molar-refractivity contribution in [2.75, 3.05) is 0 Å². The molecule has 0 aliphatic rings. The lowest BCUT2D eigenvalue weighted by Crippen LogP contribution is -2.00. The molecule has 2 rings (SSSR count). The molecule has 1 aromatic carbocycles. The standard InChI is InChI=1S/C11H11F2N3/c1-7(2)16-6-11(14-15-16)9-5-8(12)3-4-10(9)13/h3-7H,1-2H3. The zero-order valence-corrected chi connectivity index (χ0v) is 8.98. The molecule has 1 aromatic heterocycles. The first-order valence-corrected chi connectivity index (χ1v) is 4.95. The van der Waals surface area contributed by atoms with Crippen LogP contribution in [-0.4, -0.2) is 15.0 Å². The van der Waals surface area contributed by atoms with Crippen molar-refractivity contribution in [1.29, 1.82) is 0 Å². The number of hydrogen-bond acceptors (Lipinski definition) is 2. The van der Waals surface area contributed by atoms with E-state index < -0.39 is 11.6 Å². The monoisotopic (exact) mass is 223 g/mol. The first-order valence-electron chi connectivity index (χ1n) is 4.95. The number of rotatable bonds is 2. The molecule has 2 aromatic rings. The second-order valence-electron chi connectivity index (χ2n) is 3.80. The van der Waals surface area contributed by atoms with Crippen molar-refractivity contribution in [3.05, 3.63) is 36.0 Å². The topological polar surface area (TPSA) is 30.7 Å². The predicted molar refractivity (Wildman–Crippen MR) is 55.8 cm³/mol. The van der Waals surface area contributed by atoms with Crippen molar-refractivity contribution >= 4 is 0 Å². The highest BCUT2D eigenvalue weighted by molar-refractivity contribution is 5.58. The van der Waals surface area contributed by atoms with Crippen LogP contribution in [0.1, 0.15) is 19.9 Å². The third-order valence-electron chi connectivity index (χ3n) is 2.24. The number of hydrogen-bond donors (Lipinski definition) is 0. The van der Waals surface area contributed by atoms with Gasteiger partial charge < -0.3 is 0 Å². The molecule has 0 N–H and O–H groups in total. The Balaban J connectivity index is 2.46. The Hall–Kier alpha value is -1.78. The third kappa shape index (κ3) is 1.93. The van der Waals surface area contributed by atoms with E-state index in [1.807, 2.05) is 13.8 Å². The molecule has 5 heteroatoms. The van der Waals surface area contributed by atoms with Gasteiger partial charge in [-0.3, -0.25) is 0 Å². The average Bonchev–Trinajstić information content (AvgIpc) is 2.70. The van der Waals surface area contributed by atoms with Crippen LogP contribution in [0.4, 0.5) is 8.78 Å². The van der Waals surface area contributed by atoms with E-state index in [1.54, 1.807) is 10.9 Å². The van der Waals surface area contributed by atoms with Gasteiger partial charge in [0, 0.05) is 11.6 Å². The minimum absolute atomic E-state index is 0.131. The number of aromatic nitrogens is 3.